The maximum atomic E-state index is 11.8. The molecule has 1 aliphatic rings. The first-order valence-electron chi connectivity index (χ1n) is 6.37. The molecule has 1 unspecified atom stereocenters. The van der Waals surface area contributed by atoms with E-state index in [4.69, 9.17) is 0 Å². The van der Waals surface area contributed by atoms with Crippen molar-refractivity contribution in [2.45, 2.75) is 32.6 Å². The molecule has 3 nitrogen and oxygen atoms in total. The zero-order chi connectivity index (χ0) is 11.8. The second kappa shape index (κ2) is 7.44. The van der Waals surface area contributed by atoms with Crippen LogP contribution in [-0.2, 0) is 4.79 Å². The van der Waals surface area contributed by atoms with Crippen molar-refractivity contribution >= 4 is 5.91 Å². The molecule has 1 fully saturated rings. The summed E-state index contributed by atoms with van der Waals surface area (Å²) in [5.74, 6) is 0.858. The molecular formula is C13H24N2O. The SMILES string of the molecule is C=CCC(=O)N(CCC)CC1CCCNC1. The van der Waals surface area contributed by atoms with Crippen molar-refractivity contribution in [3.05, 3.63) is 12.7 Å². The van der Waals surface area contributed by atoms with Gasteiger partial charge in [-0.2, -0.15) is 0 Å². The fourth-order valence-electron chi connectivity index (χ4n) is 2.23. The van der Waals surface area contributed by atoms with E-state index in [1.165, 1.54) is 12.8 Å². The summed E-state index contributed by atoms with van der Waals surface area (Å²) in [6, 6.07) is 0. The lowest BCUT2D eigenvalue weighted by atomic mass is 9.99. The normalized spacial score (nSPS) is 20.4. The lowest BCUT2D eigenvalue weighted by molar-refractivity contribution is -0.131. The minimum absolute atomic E-state index is 0.224. The number of rotatable bonds is 6. The summed E-state index contributed by atoms with van der Waals surface area (Å²) in [6.07, 6.45) is 5.68. The first-order valence-corrected chi connectivity index (χ1v) is 6.37. The van der Waals surface area contributed by atoms with E-state index in [-0.39, 0.29) is 5.91 Å². The third-order valence-corrected chi connectivity index (χ3v) is 3.04. The van der Waals surface area contributed by atoms with Gasteiger partial charge in [0.05, 0.1) is 0 Å². The lowest BCUT2D eigenvalue weighted by Crippen LogP contribution is -2.41. The van der Waals surface area contributed by atoms with Gasteiger partial charge in [0.1, 0.15) is 0 Å². The molecule has 0 aromatic heterocycles. The number of carbonyl (C=O) groups is 1. The summed E-state index contributed by atoms with van der Waals surface area (Å²) in [5, 5.41) is 3.40. The Bertz CT molecular complexity index is 222. The van der Waals surface area contributed by atoms with Crippen molar-refractivity contribution in [2.75, 3.05) is 26.2 Å². The van der Waals surface area contributed by atoms with Crippen LogP contribution >= 0.6 is 0 Å². The van der Waals surface area contributed by atoms with Crippen molar-refractivity contribution < 1.29 is 4.79 Å². The van der Waals surface area contributed by atoms with E-state index in [0.717, 1.165) is 32.6 Å². The van der Waals surface area contributed by atoms with Gasteiger partial charge in [-0.15, -0.1) is 6.58 Å². The molecule has 1 rings (SSSR count). The molecule has 1 aliphatic heterocycles. The van der Waals surface area contributed by atoms with Gasteiger partial charge in [0.2, 0.25) is 5.91 Å². The summed E-state index contributed by atoms with van der Waals surface area (Å²) < 4.78 is 0. The Hall–Kier alpha value is -0.830. The molecule has 1 atom stereocenters. The smallest absolute Gasteiger partial charge is 0.226 e. The largest absolute Gasteiger partial charge is 0.342 e. The van der Waals surface area contributed by atoms with Crippen molar-refractivity contribution in [3.8, 4) is 0 Å². The van der Waals surface area contributed by atoms with Gasteiger partial charge in [0, 0.05) is 19.5 Å². The highest BCUT2D eigenvalue weighted by atomic mass is 16.2. The van der Waals surface area contributed by atoms with Gasteiger partial charge < -0.3 is 10.2 Å². The van der Waals surface area contributed by atoms with Crippen LogP contribution < -0.4 is 5.32 Å². The van der Waals surface area contributed by atoms with Crippen LogP contribution in [-0.4, -0.2) is 37.0 Å². The van der Waals surface area contributed by atoms with Crippen LogP contribution in [0.2, 0.25) is 0 Å². The molecule has 1 N–H and O–H groups in total. The molecule has 1 saturated heterocycles. The predicted octanol–water partition coefficient (Wildman–Crippen LogP) is 1.80. The van der Waals surface area contributed by atoms with Gasteiger partial charge in [-0.25, -0.2) is 0 Å². The number of hydrogen-bond donors (Lipinski definition) is 1. The maximum absolute atomic E-state index is 11.8. The number of carbonyl (C=O) groups excluding carboxylic acids is 1. The van der Waals surface area contributed by atoms with Crippen LogP contribution in [0.15, 0.2) is 12.7 Å². The van der Waals surface area contributed by atoms with Gasteiger partial charge in [0.15, 0.2) is 0 Å². The van der Waals surface area contributed by atoms with Gasteiger partial charge in [-0.05, 0) is 38.3 Å². The molecule has 92 valence electrons. The number of nitrogens with one attached hydrogen (secondary N) is 1. The quantitative estimate of drug-likeness (QED) is 0.698. The van der Waals surface area contributed by atoms with E-state index >= 15 is 0 Å². The van der Waals surface area contributed by atoms with Gasteiger partial charge in [0.25, 0.3) is 0 Å². The molecule has 0 bridgehead atoms. The second-order valence-corrected chi connectivity index (χ2v) is 4.54. The third-order valence-electron chi connectivity index (χ3n) is 3.04. The standard InChI is InChI=1S/C13H24N2O/c1-3-6-13(16)15(9-4-2)11-12-7-5-8-14-10-12/h3,12,14H,1,4-11H2,2H3. The molecule has 1 heterocycles. The van der Waals surface area contributed by atoms with E-state index in [0.29, 0.717) is 12.3 Å². The Balaban J connectivity index is 2.41. The summed E-state index contributed by atoms with van der Waals surface area (Å²) in [7, 11) is 0. The molecule has 0 radical (unpaired) electrons. The Kier molecular flexibility index (Phi) is 6.16. The molecule has 0 aromatic rings. The van der Waals surface area contributed by atoms with Crippen molar-refractivity contribution in [2.24, 2.45) is 5.92 Å². The van der Waals surface area contributed by atoms with Crippen LogP contribution in [0.5, 0.6) is 0 Å². The minimum Gasteiger partial charge on any atom is -0.342 e. The molecule has 0 spiro atoms. The van der Waals surface area contributed by atoms with Gasteiger partial charge in [-0.1, -0.05) is 13.0 Å². The van der Waals surface area contributed by atoms with Crippen molar-refractivity contribution in [1.29, 1.82) is 0 Å². The molecule has 0 aromatic carbocycles. The molecule has 16 heavy (non-hydrogen) atoms. The maximum Gasteiger partial charge on any atom is 0.226 e. The Labute approximate surface area is 98.9 Å². The summed E-state index contributed by atoms with van der Waals surface area (Å²) in [4.78, 5) is 13.8. The van der Waals surface area contributed by atoms with Crippen LogP contribution in [0.1, 0.15) is 32.6 Å². The van der Waals surface area contributed by atoms with Gasteiger partial charge >= 0.3 is 0 Å². The summed E-state index contributed by atoms with van der Waals surface area (Å²) >= 11 is 0. The highest BCUT2D eigenvalue weighted by molar-refractivity contribution is 5.77. The first-order chi connectivity index (χ1) is 7.77. The molecule has 0 aliphatic carbocycles. The van der Waals surface area contributed by atoms with E-state index < -0.39 is 0 Å². The fourth-order valence-corrected chi connectivity index (χ4v) is 2.23. The molecular weight excluding hydrogens is 200 g/mol. The average molecular weight is 224 g/mol. The highest BCUT2D eigenvalue weighted by Crippen LogP contribution is 2.12. The van der Waals surface area contributed by atoms with Crippen LogP contribution in [0.4, 0.5) is 0 Å². The monoisotopic (exact) mass is 224 g/mol. The zero-order valence-electron chi connectivity index (χ0n) is 10.4. The molecule has 1 amide bonds. The second-order valence-electron chi connectivity index (χ2n) is 4.54. The summed E-state index contributed by atoms with van der Waals surface area (Å²) in [5.41, 5.74) is 0. The first kappa shape index (κ1) is 13.2. The summed E-state index contributed by atoms with van der Waals surface area (Å²) in [6.45, 7) is 9.72. The van der Waals surface area contributed by atoms with Crippen LogP contribution in [0, 0.1) is 5.92 Å². The molecule has 3 heteroatoms. The van der Waals surface area contributed by atoms with E-state index in [1.54, 1.807) is 6.08 Å². The van der Waals surface area contributed by atoms with Gasteiger partial charge in [-0.3, -0.25) is 4.79 Å². The number of piperidine rings is 1. The Morgan fingerprint density at radius 3 is 3.00 bits per heavy atom. The lowest BCUT2D eigenvalue weighted by Gasteiger charge is -2.30. The minimum atomic E-state index is 0.224. The zero-order valence-corrected chi connectivity index (χ0v) is 10.4. The fraction of sp³-hybridized carbons (Fsp3) is 0.769. The number of nitrogens with zero attached hydrogens (tertiary/aromatic N) is 1. The van der Waals surface area contributed by atoms with E-state index in [1.807, 2.05) is 4.90 Å². The van der Waals surface area contributed by atoms with E-state index in [9.17, 15) is 4.79 Å². The Morgan fingerprint density at radius 1 is 1.62 bits per heavy atom. The molecule has 0 saturated carbocycles. The number of hydrogen-bond acceptors (Lipinski definition) is 2. The van der Waals surface area contributed by atoms with Crippen molar-refractivity contribution in [3.63, 3.8) is 0 Å². The van der Waals surface area contributed by atoms with E-state index in [2.05, 4.69) is 18.8 Å². The Morgan fingerprint density at radius 2 is 2.44 bits per heavy atom. The predicted molar refractivity (Wildman–Crippen MR) is 67.3 cm³/mol. The third kappa shape index (κ3) is 4.35. The van der Waals surface area contributed by atoms with Crippen molar-refractivity contribution in [1.82, 2.24) is 10.2 Å². The van der Waals surface area contributed by atoms with Crippen LogP contribution in [0.25, 0.3) is 0 Å². The number of amides is 1. The highest BCUT2D eigenvalue weighted by Gasteiger charge is 2.19. The van der Waals surface area contributed by atoms with Crippen LogP contribution in [0.3, 0.4) is 0 Å². The topological polar surface area (TPSA) is 32.3 Å². The average Bonchev–Trinajstić information content (AvgIpc) is 2.30.